The van der Waals surface area contributed by atoms with Crippen LogP contribution in [0.4, 0.5) is 0 Å². The van der Waals surface area contributed by atoms with Gasteiger partial charge in [0.15, 0.2) is 0 Å². The number of aliphatic hydroxyl groups is 2. The molecule has 242 valence electrons. The molecule has 0 saturated carbocycles. The molecule has 0 aliphatic rings. The highest BCUT2D eigenvalue weighted by atomic mass is 16.3. The molecule has 45 heavy (non-hydrogen) atoms. The van der Waals surface area contributed by atoms with Crippen LogP contribution < -0.4 is 16.0 Å². The van der Waals surface area contributed by atoms with E-state index in [1.165, 1.54) is 6.20 Å². The molecular weight excluding hydrogens is 568 g/mol. The van der Waals surface area contributed by atoms with Crippen LogP contribution in [0.25, 0.3) is 0 Å². The van der Waals surface area contributed by atoms with Crippen LogP contribution in [0.3, 0.4) is 0 Å². The molecule has 0 radical (unpaired) electrons. The smallest absolute Gasteiger partial charge is 0.253 e. The lowest BCUT2D eigenvalue weighted by Crippen LogP contribution is -2.58. The third kappa shape index (κ3) is 11.4. The normalized spacial score (nSPS) is 14.5. The fourth-order valence-corrected chi connectivity index (χ4v) is 5.40. The van der Waals surface area contributed by atoms with E-state index in [4.69, 9.17) is 0 Å². The van der Waals surface area contributed by atoms with E-state index in [9.17, 15) is 24.6 Å². The number of nitrogens with one attached hydrogen (secondary N) is 3. The molecule has 9 nitrogen and oxygen atoms in total. The second-order valence-electron chi connectivity index (χ2n) is 11.9. The number of nitrogens with zero attached hydrogens (tertiary/aromatic N) is 1. The van der Waals surface area contributed by atoms with E-state index in [-0.39, 0.29) is 24.8 Å². The van der Waals surface area contributed by atoms with Crippen molar-refractivity contribution in [3.8, 4) is 0 Å². The molecule has 1 heterocycles. The number of aromatic nitrogens is 1. The van der Waals surface area contributed by atoms with Crippen molar-refractivity contribution in [3.05, 3.63) is 102 Å². The maximum Gasteiger partial charge on any atom is 0.253 e. The van der Waals surface area contributed by atoms with E-state index in [0.717, 1.165) is 36.8 Å². The van der Waals surface area contributed by atoms with Crippen LogP contribution in [0.1, 0.15) is 74.4 Å². The summed E-state index contributed by atoms with van der Waals surface area (Å²) in [5.41, 5.74) is 2.08. The molecule has 9 heteroatoms. The van der Waals surface area contributed by atoms with Crippen molar-refractivity contribution in [3.63, 3.8) is 0 Å². The number of rotatable bonds is 18. The van der Waals surface area contributed by atoms with Gasteiger partial charge in [0.25, 0.3) is 5.91 Å². The minimum atomic E-state index is -1.47. The van der Waals surface area contributed by atoms with Crippen molar-refractivity contribution in [1.29, 1.82) is 0 Å². The Morgan fingerprint density at radius 2 is 1.44 bits per heavy atom. The van der Waals surface area contributed by atoms with Gasteiger partial charge >= 0.3 is 0 Å². The molecule has 2 aromatic carbocycles. The van der Waals surface area contributed by atoms with Gasteiger partial charge in [0.1, 0.15) is 12.1 Å². The molecular formula is C36H48N4O5. The summed E-state index contributed by atoms with van der Waals surface area (Å²) in [5.74, 6) is -2.51. The SMILES string of the molecule is CCCCCCC(NC(=O)c1cccnc1)C(=O)N[C@@H](Cc1ccccc1)[C@@H](O)[C@H](O)[C@H](C(=O)NCc1ccccc1)C(C)C. The Hall–Kier alpha value is -4.08. The van der Waals surface area contributed by atoms with Crippen molar-refractivity contribution in [2.24, 2.45) is 11.8 Å². The van der Waals surface area contributed by atoms with Gasteiger partial charge in [0, 0.05) is 18.9 Å². The van der Waals surface area contributed by atoms with Crippen LogP contribution in [0.2, 0.25) is 0 Å². The highest BCUT2D eigenvalue weighted by molar-refractivity contribution is 5.97. The quantitative estimate of drug-likeness (QED) is 0.136. The molecule has 0 fully saturated rings. The molecule has 1 unspecified atom stereocenters. The largest absolute Gasteiger partial charge is 0.390 e. The maximum absolute atomic E-state index is 13.8. The van der Waals surface area contributed by atoms with Gasteiger partial charge in [-0.2, -0.15) is 0 Å². The van der Waals surface area contributed by atoms with E-state index in [2.05, 4.69) is 27.9 Å². The Kier molecular flexibility index (Phi) is 14.7. The van der Waals surface area contributed by atoms with Crippen LogP contribution in [0, 0.1) is 11.8 Å². The molecule has 3 amide bonds. The third-order valence-corrected chi connectivity index (χ3v) is 7.98. The summed E-state index contributed by atoms with van der Waals surface area (Å²) in [6.45, 7) is 6.01. The Balaban J connectivity index is 1.81. The Bertz CT molecular complexity index is 1310. The van der Waals surface area contributed by atoms with Gasteiger partial charge in [-0.3, -0.25) is 19.4 Å². The van der Waals surface area contributed by atoms with E-state index in [1.807, 2.05) is 74.5 Å². The minimum absolute atomic E-state index is 0.209. The Morgan fingerprint density at radius 1 is 0.778 bits per heavy atom. The number of carbonyl (C=O) groups excluding carboxylic acids is 3. The first kappa shape index (κ1) is 35.4. The number of aliphatic hydroxyl groups excluding tert-OH is 2. The van der Waals surface area contributed by atoms with Crippen LogP contribution in [0.5, 0.6) is 0 Å². The summed E-state index contributed by atoms with van der Waals surface area (Å²) in [6.07, 6.45) is 4.35. The lowest BCUT2D eigenvalue weighted by atomic mass is 9.83. The summed E-state index contributed by atoms with van der Waals surface area (Å²) in [4.78, 5) is 44.1. The number of carbonyl (C=O) groups is 3. The van der Waals surface area contributed by atoms with Crippen LogP contribution in [0.15, 0.2) is 85.2 Å². The van der Waals surface area contributed by atoms with Crippen LogP contribution in [-0.4, -0.2) is 57.2 Å². The van der Waals surface area contributed by atoms with Crippen molar-refractivity contribution < 1.29 is 24.6 Å². The van der Waals surface area contributed by atoms with Crippen molar-refractivity contribution in [1.82, 2.24) is 20.9 Å². The summed E-state index contributed by atoms with van der Waals surface area (Å²) >= 11 is 0. The predicted octanol–water partition coefficient (Wildman–Crippen LogP) is 4.19. The molecule has 1 aromatic heterocycles. The number of hydrogen-bond donors (Lipinski definition) is 5. The molecule has 5 atom stereocenters. The van der Waals surface area contributed by atoms with E-state index >= 15 is 0 Å². The Labute approximate surface area is 266 Å². The van der Waals surface area contributed by atoms with E-state index < -0.39 is 42.0 Å². The monoisotopic (exact) mass is 616 g/mol. The summed E-state index contributed by atoms with van der Waals surface area (Å²) in [6, 6.07) is 20.2. The number of unbranched alkanes of at least 4 members (excludes halogenated alkanes) is 3. The van der Waals surface area contributed by atoms with Crippen LogP contribution in [-0.2, 0) is 22.6 Å². The standard InChI is InChI=1S/C36H48N4O5/c1-4-5-6-13-20-29(39-34(43)28-19-14-21-37-24-28)35(44)40-30(22-26-15-9-7-10-16-26)32(41)33(42)31(25(2)3)36(45)38-23-27-17-11-8-12-18-27/h7-12,14-19,21,24-25,29-33,41-42H,4-6,13,20,22-23H2,1-3H3,(H,38,45)(H,39,43)(H,40,44)/t29?,30-,31+,32+,33+/m0/s1. The van der Waals surface area contributed by atoms with Gasteiger partial charge in [-0.1, -0.05) is 107 Å². The van der Waals surface area contributed by atoms with Crippen molar-refractivity contribution in [2.45, 2.75) is 90.1 Å². The zero-order chi connectivity index (χ0) is 32.6. The molecule has 3 rings (SSSR count). The summed E-state index contributed by atoms with van der Waals surface area (Å²) in [7, 11) is 0. The molecule has 3 aromatic rings. The van der Waals surface area contributed by atoms with Gasteiger partial charge in [-0.05, 0) is 42.0 Å². The average Bonchev–Trinajstić information content (AvgIpc) is 3.05. The average molecular weight is 617 g/mol. The fourth-order valence-electron chi connectivity index (χ4n) is 5.40. The first-order valence-corrected chi connectivity index (χ1v) is 15.9. The van der Waals surface area contributed by atoms with Crippen molar-refractivity contribution >= 4 is 17.7 Å². The molecule has 0 aliphatic heterocycles. The fraction of sp³-hybridized carbons (Fsp3) is 0.444. The van der Waals surface area contributed by atoms with Crippen molar-refractivity contribution in [2.75, 3.05) is 0 Å². The van der Waals surface area contributed by atoms with E-state index in [0.29, 0.717) is 12.0 Å². The van der Waals surface area contributed by atoms with Gasteiger partial charge in [-0.25, -0.2) is 0 Å². The van der Waals surface area contributed by atoms with Gasteiger partial charge in [0.2, 0.25) is 11.8 Å². The second kappa shape index (κ2) is 18.7. The molecule has 0 spiro atoms. The topological polar surface area (TPSA) is 141 Å². The summed E-state index contributed by atoms with van der Waals surface area (Å²) < 4.78 is 0. The summed E-state index contributed by atoms with van der Waals surface area (Å²) in [5, 5.41) is 31.7. The zero-order valence-electron chi connectivity index (χ0n) is 26.6. The first-order chi connectivity index (χ1) is 21.7. The number of amides is 3. The van der Waals surface area contributed by atoms with E-state index in [1.54, 1.807) is 18.3 Å². The molecule has 0 aliphatic carbocycles. The number of hydrogen-bond acceptors (Lipinski definition) is 6. The maximum atomic E-state index is 13.8. The third-order valence-electron chi connectivity index (χ3n) is 7.98. The number of benzene rings is 2. The zero-order valence-corrected chi connectivity index (χ0v) is 26.6. The van der Waals surface area contributed by atoms with Gasteiger partial charge < -0.3 is 26.2 Å². The number of pyridine rings is 1. The Morgan fingerprint density at radius 3 is 2.04 bits per heavy atom. The predicted molar refractivity (Wildman–Crippen MR) is 175 cm³/mol. The minimum Gasteiger partial charge on any atom is -0.390 e. The highest BCUT2D eigenvalue weighted by Gasteiger charge is 2.39. The highest BCUT2D eigenvalue weighted by Crippen LogP contribution is 2.22. The molecule has 0 saturated heterocycles. The van der Waals surface area contributed by atoms with Gasteiger partial charge in [-0.15, -0.1) is 0 Å². The van der Waals surface area contributed by atoms with Gasteiger partial charge in [0.05, 0.1) is 23.6 Å². The molecule has 0 bridgehead atoms. The lowest BCUT2D eigenvalue weighted by molar-refractivity contribution is -0.136. The first-order valence-electron chi connectivity index (χ1n) is 15.9. The second-order valence-corrected chi connectivity index (χ2v) is 11.9. The van der Waals surface area contributed by atoms with Crippen LogP contribution >= 0.6 is 0 Å². The molecule has 5 N–H and O–H groups in total. The lowest BCUT2D eigenvalue weighted by Gasteiger charge is -2.34.